The van der Waals surface area contributed by atoms with Crippen molar-refractivity contribution < 1.29 is 19.1 Å². The Labute approximate surface area is 176 Å². The first-order valence-corrected chi connectivity index (χ1v) is 9.92. The molecule has 0 aromatic heterocycles. The second kappa shape index (κ2) is 10.3. The van der Waals surface area contributed by atoms with Crippen LogP contribution in [0.2, 0.25) is 0 Å². The molecule has 3 aromatic rings. The molecule has 1 N–H and O–H groups in total. The minimum atomic E-state index is -0.586. The number of Topliss-reactive ketones (excluding diaryl/α,β-unsaturated/α-hetero) is 1. The van der Waals surface area contributed by atoms with E-state index in [1.807, 2.05) is 31.2 Å². The summed E-state index contributed by atoms with van der Waals surface area (Å²) in [5, 5.41) is 2.86. The van der Waals surface area contributed by atoms with Crippen LogP contribution in [0.4, 0.5) is 5.69 Å². The monoisotopic (exact) mass is 403 g/mol. The number of amides is 1. The van der Waals surface area contributed by atoms with Crippen molar-refractivity contribution in [3.8, 4) is 11.5 Å². The van der Waals surface area contributed by atoms with E-state index in [2.05, 4.69) is 5.32 Å². The second-order valence-electron chi connectivity index (χ2n) is 6.81. The van der Waals surface area contributed by atoms with Crippen LogP contribution in [0.15, 0.2) is 78.9 Å². The van der Waals surface area contributed by atoms with Crippen LogP contribution in [0, 0.1) is 0 Å². The van der Waals surface area contributed by atoms with Gasteiger partial charge in [0, 0.05) is 17.3 Å². The fourth-order valence-electron chi connectivity index (χ4n) is 3.14. The maximum Gasteiger partial charge on any atom is 0.259 e. The van der Waals surface area contributed by atoms with E-state index in [4.69, 9.17) is 9.47 Å². The summed E-state index contributed by atoms with van der Waals surface area (Å²) in [5.74, 6) is 0.686. The number of para-hydroxylation sites is 1. The summed E-state index contributed by atoms with van der Waals surface area (Å²) < 4.78 is 11.3. The third-order valence-corrected chi connectivity index (χ3v) is 4.62. The van der Waals surface area contributed by atoms with Gasteiger partial charge in [0.05, 0.1) is 12.7 Å². The van der Waals surface area contributed by atoms with Crippen LogP contribution in [0.1, 0.15) is 40.5 Å². The largest absolute Gasteiger partial charge is 0.496 e. The van der Waals surface area contributed by atoms with Crippen LogP contribution >= 0.6 is 0 Å². The number of hydrogen-bond acceptors (Lipinski definition) is 4. The maximum atomic E-state index is 12.8. The van der Waals surface area contributed by atoms with Gasteiger partial charge in [-0.3, -0.25) is 9.59 Å². The summed E-state index contributed by atoms with van der Waals surface area (Å²) in [4.78, 5) is 25.5. The first-order chi connectivity index (χ1) is 14.6. The number of carbonyl (C=O) groups is 2. The first kappa shape index (κ1) is 21.1. The van der Waals surface area contributed by atoms with Gasteiger partial charge < -0.3 is 14.8 Å². The number of benzene rings is 3. The van der Waals surface area contributed by atoms with E-state index in [0.29, 0.717) is 34.7 Å². The number of rotatable bonds is 9. The molecular weight excluding hydrogens is 378 g/mol. The highest BCUT2D eigenvalue weighted by Gasteiger charge is 2.21. The Balaban J connectivity index is 1.75. The molecule has 0 spiro atoms. The Morgan fingerprint density at radius 2 is 1.67 bits per heavy atom. The van der Waals surface area contributed by atoms with Crippen molar-refractivity contribution in [2.45, 2.75) is 25.9 Å². The van der Waals surface area contributed by atoms with Gasteiger partial charge in [0.2, 0.25) is 5.78 Å². The van der Waals surface area contributed by atoms with E-state index in [9.17, 15) is 9.59 Å². The van der Waals surface area contributed by atoms with Gasteiger partial charge in [-0.05, 0) is 30.7 Å². The van der Waals surface area contributed by atoms with Crippen LogP contribution in [0.25, 0.3) is 0 Å². The summed E-state index contributed by atoms with van der Waals surface area (Å²) in [6.07, 6.45) is 0.830. The molecule has 0 radical (unpaired) electrons. The molecule has 154 valence electrons. The average molecular weight is 403 g/mol. The Kier molecular flexibility index (Phi) is 7.22. The van der Waals surface area contributed by atoms with Gasteiger partial charge in [-0.1, -0.05) is 61.9 Å². The zero-order valence-electron chi connectivity index (χ0n) is 17.1. The van der Waals surface area contributed by atoms with Crippen LogP contribution in [0.5, 0.6) is 11.5 Å². The summed E-state index contributed by atoms with van der Waals surface area (Å²) in [6.45, 7) is 2.01. The van der Waals surface area contributed by atoms with Gasteiger partial charge in [-0.25, -0.2) is 0 Å². The summed E-state index contributed by atoms with van der Waals surface area (Å²) in [7, 11) is 1.53. The molecular formula is C25H25NO4. The molecule has 5 nitrogen and oxygen atoms in total. The Morgan fingerprint density at radius 1 is 0.933 bits per heavy atom. The third kappa shape index (κ3) is 5.26. The van der Waals surface area contributed by atoms with Crippen molar-refractivity contribution >= 4 is 17.4 Å². The van der Waals surface area contributed by atoms with Crippen molar-refractivity contribution in [1.82, 2.24) is 0 Å². The lowest BCUT2D eigenvalue weighted by molar-refractivity contribution is 0.0777. The van der Waals surface area contributed by atoms with Crippen LogP contribution < -0.4 is 14.8 Å². The predicted octanol–water partition coefficient (Wildman–Crippen LogP) is 5.38. The number of hydrogen-bond donors (Lipinski definition) is 1. The molecule has 0 aliphatic rings. The molecule has 0 saturated heterocycles. The Hall–Kier alpha value is -3.60. The number of methoxy groups -OCH3 is 1. The van der Waals surface area contributed by atoms with E-state index in [-0.39, 0.29) is 11.7 Å². The highest BCUT2D eigenvalue weighted by molar-refractivity contribution is 6.06. The molecule has 0 fully saturated rings. The number of ketones is 1. The molecule has 0 bridgehead atoms. The number of nitrogens with one attached hydrogen (secondary N) is 1. The third-order valence-electron chi connectivity index (χ3n) is 4.62. The lowest BCUT2D eigenvalue weighted by atomic mass is 10.0. The molecule has 1 unspecified atom stereocenters. The number of ether oxygens (including phenoxy) is 2. The molecule has 0 saturated carbocycles. The van der Waals surface area contributed by atoms with Gasteiger partial charge in [0.15, 0.2) is 6.10 Å². The smallest absolute Gasteiger partial charge is 0.259 e. The van der Waals surface area contributed by atoms with Crippen molar-refractivity contribution in [2.75, 3.05) is 12.4 Å². The Morgan fingerprint density at radius 3 is 2.40 bits per heavy atom. The second-order valence-corrected chi connectivity index (χ2v) is 6.81. The molecule has 3 rings (SSSR count). The van der Waals surface area contributed by atoms with Gasteiger partial charge in [-0.15, -0.1) is 0 Å². The van der Waals surface area contributed by atoms with Gasteiger partial charge in [0.25, 0.3) is 5.91 Å². The normalized spacial score (nSPS) is 11.4. The standard InChI is InChI=1S/C25H25NO4/c1-3-10-23(24(27)18-11-5-4-6-12-18)30-20-14-9-13-19(17-20)26-25(28)21-15-7-8-16-22(21)29-2/h4-9,11-17,23H,3,10H2,1-2H3,(H,26,28). The minimum absolute atomic E-state index is 0.0547. The zero-order valence-corrected chi connectivity index (χ0v) is 17.1. The molecule has 0 aliphatic heterocycles. The van der Waals surface area contributed by atoms with Crippen molar-refractivity contribution in [3.05, 3.63) is 90.0 Å². The highest BCUT2D eigenvalue weighted by Crippen LogP contribution is 2.23. The molecule has 5 heteroatoms. The van der Waals surface area contributed by atoms with Crippen LogP contribution in [-0.4, -0.2) is 24.9 Å². The molecule has 30 heavy (non-hydrogen) atoms. The minimum Gasteiger partial charge on any atom is -0.496 e. The van der Waals surface area contributed by atoms with Crippen molar-refractivity contribution in [2.24, 2.45) is 0 Å². The first-order valence-electron chi connectivity index (χ1n) is 9.92. The predicted molar refractivity (Wildman–Crippen MR) is 117 cm³/mol. The fraction of sp³-hybridized carbons (Fsp3) is 0.200. The van der Waals surface area contributed by atoms with Crippen molar-refractivity contribution in [1.29, 1.82) is 0 Å². The fourth-order valence-corrected chi connectivity index (χ4v) is 3.14. The highest BCUT2D eigenvalue weighted by atomic mass is 16.5. The molecule has 1 amide bonds. The average Bonchev–Trinajstić information content (AvgIpc) is 2.79. The molecule has 0 heterocycles. The van der Waals surface area contributed by atoms with Crippen LogP contribution in [0.3, 0.4) is 0 Å². The van der Waals surface area contributed by atoms with Crippen molar-refractivity contribution in [3.63, 3.8) is 0 Å². The zero-order chi connectivity index (χ0) is 21.3. The van der Waals surface area contributed by atoms with Crippen LogP contribution in [-0.2, 0) is 0 Å². The van der Waals surface area contributed by atoms with E-state index >= 15 is 0 Å². The summed E-state index contributed by atoms with van der Waals surface area (Å²) in [5.41, 5.74) is 1.64. The van der Waals surface area contributed by atoms with Gasteiger partial charge >= 0.3 is 0 Å². The summed E-state index contributed by atoms with van der Waals surface area (Å²) >= 11 is 0. The quantitative estimate of drug-likeness (QED) is 0.487. The SMILES string of the molecule is CCCC(Oc1cccc(NC(=O)c2ccccc2OC)c1)C(=O)c1ccccc1. The maximum absolute atomic E-state index is 12.8. The topological polar surface area (TPSA) is 64.6 Å². The van der Waals surface area contributed by atoms with Gasteiger partial charge in [-0.2, -0.15) is 0 Å². The van der Waals surface area contributed by atoms with E-state index in [1.165, 1.54) is 7.11 Å². The molecule has 1 atom stereocenters. The number of carbonyl (C=O) groups excluding carboxylic acids is 2. The Bertz CT molecular complexity index is 1000. The summed E-state index contributed by atoms with van der Waals surface area (Å²) in [6, 6.07) is 23.2. The lowest BCUT2D eigenvalue weighted by Crippen LogP contribution is -2.27. The lowest BCUT2D eigenvalue weighted by Gasteiger charge is -2.18. The van der Waals surface area contributed by atoms with Gasteiger partial charge in [0.1, 0.15) is 11.5 Å². The van der Waals surface area contributed by atoms with E-state index in [0.717, 1.165) is 6.42 Å². The molecule has 3 aromatic carbocycles. The van der Waals surface area contributed by atoms with E-state index < -0.39 is 6.10 Å². The number of anilines is 1. The molecule has 0 aliphatic carbocycles. The van der Waals surface area contributed by atoms with E-state index in [1.54, 1.807) is 54.6 Å².